The molecule has 104 valence electrons. The number of nitrogens with two attached hydrogens (primary N) is 1. The number of anilines is 1. The number of carbonyl (C=O) groups is 1. The van der Waals surface area contributed by atoms with Crippen LogP contribution in [-0.2, 0) is 4.79 Å². The van der Waals surface area contributed by atoms with Gasteiger partial charge in [0.15, 0.2) is 5.82 Å². The van der Waals surface area contributed by atoms with Gasteiger partial charge in [0.25, 0.3) is 0 Å². The molecular formula is C16H14N4O. The van der Waals surface area contributed by atoms with Crippen molar-refractivity contribution >= 4 is 22.8 Å². The molecule has 0 saturated carbocycles. The van der Waals surface area contributed by atoms with Gasteiger partial charge in [-0.25, -0.2) is 9.97 Å². The summed E-state index contributed by atoms with van der Waals surface area (Å²) in [5, 5.41) is 0. The molecule has 2 heterocycles. The number of rotatable bonds is 2. The molecule has 1 aliphatic carbocycles. The van der Waals surface area contributed by atoms with Crippen molar-refractivity contribution in [1.82, 2.24) is 9.97 Å². The topological polar surface area (TPSA) is 72.1 Å². The molecule has 5 heteroatoms. The van der Waals surface area contributed by atoms with E-state index in [-0.39, 0.29) is 24.4 Å². The van der Waals surface area contributed by atoms with Crippen molar-refractivity contribution in [2.45, 2.75) is 12.0 Å². The molecule has 2 aliphatic rings. The number of primary amides is 1. The van der Waals surface area contributed by atoms with E-state index >= 15 is 0 Å². The van der Waals surface area contributed by atoms with Gasteiger partial charge in [-0.3, -0.25) is 4.79 Å². The molecule has 1 aromatic carbocycles. The van der Waals surface area contributed by atoms with Crippen molar-refractivity contribution in [3.05, 3.63) is 54.3 Å². The maximum Gasteiger partial charge on any atom is 0.237 e. The van der Waals surface area contributed by atoms with Gasteiger partial charge in [-0.2, -0.15) is 0 Å². The standard InChI is InChI=1S/C16H14N4O/c17-14(21)9-20-13-8-4-1-5-10(13)15-16(20)19-12-7-3-2-6-11(12)18-15/h1-8,10,13H,9H2,(H2,17,21)/t10-,13-/m1/s1. The van der Waals surface area contributed by atoms with E-state index in [1.807, 2.05) is 41.3 Å². The predicted molar refractivity (Wildman–Crippen MR) is 80.9 cm³/mol. The molecule has 0 saturated heterocycles. The molecule has 2 aromatic rings. The molecule has 0 bridgehead atoms. The predicted octanol–water partition coefficient (Wildman–Crippen LogP) is 1.51. The van der Waals surface area contributed by atoms with E-state index in [9.17, 15) is 4.79 Å². The van der Waals surface area contributed by atoms with Crippen molar-refractivity contribution in [2.24, 2.45) is 5.73 Å². The molecule has 1 aromatic heterocycles. The van der Waals surface area contributed by atoms with Crippen LogP contribution in [0.25, 0.3) is 11.0 Å². The SMILES string of the molecule is NC(=O)CN1c2nc3ccccc3nc2[C@@H]2C=CC=C[C@H]21. The number of hydrogen-bond donors (Lipinski definition) is 1. The third-order valence-corrected chi connectivity index (χ3v) is 3.96. The number of aromatic nitrogens is 2. The van der Waals surface area contributed by atoms with Crippen LogP contribution in [0.2, 0.25) is 0 Å². The van der Waals surface area contributed by atoms with Crippen molar-refractivity contribution in [3.63, 3.8) is 0 Å². The average molecular weight is 278 g/mol. The molecular weight excluding hydrogens is 264 g/mol. The van der Waals surface area contributed by atoms with Crippen LogP contribution in [0.15, 0.2) is 48.6 Å². The van der Waals surface area contributed by atoms with Crippen LogP contribution in [0, 0.1) is 0 Å². The van der Waals surface area contributed by atoms with Crippen molar-refractivity contribution < 1.29 is 4.79 Å². The van der Waals surface area contributed by atoms with Gasteiger partial charge in [-0.15, -0.1) is 0 Å². The van der Waals surface area contributed by atoms with E-state index in [0.717, 1.165) is 22.5 Å². The van der Waals surface area contributed by atoms with Gasteiger partial charge in [-0.1, -0.05) is 36.4 Å². The van der Waals surface area contributed by atoms with E-state index in [2.05, 4.69) is 12.2 Å². The highest BCUT2D eigenvalue weighted by Crippen LogP contribution is 2.41. The van der Waals surface area contributed by atoms with Crippen molar-refractivity contribution in [3.8, 4) is 0 Å². The number of allylic oxidation sites excluding steroid dienone is 2. The molecule has 1 amide bonds. The first-order chi connectivity index (χ1) is 10.2. The van der Waals surface area contributed by atoms with E-state index in [0.29, 0.717) is 0 Å². The molecule has 1 aliphatic heterocycles. The Balaban J connectivity index is 1.92. The van der Waals surface area contributed by atoms with Crippen molar-refractivity contribution in [2.75, 3.05) is 11.4 Å². The molecule has 0 unspecified atom stereocenters. The molecule has 0 radical (unpaired) electrons. The monoisotopic (exact) mass is 278 g/mol. The van der Waals surface area contributed by atoms with Gasteiger partial charge in [0.1, 0.15) is 0 Å². The summed E-state index contributed by atoms with van der Waals surface area (Å²) in [7, 11) is 0. The maximum absolute atomic E-state index is 11.4. The first-order valence-corrected chi connectivity index (χ1v) is 6.90. The van der Waals surface area contributed by atoms with Crippen LogP contribution in [0.1, 0.15) is 11.6 Å². The lowest BCUT2D eigenvalue weighted by molar-refractivity contribution is -0.116. The Labute approximate surface area is 121 Å². The van der Waals surface area contributed by atoms with Crippen LogP contribution >= 0.6 is 0 Å². The third kappa shape index (κ3) is 1.81. The van der Waals surface area contributed by atoms with E-state index < -0.39 is 0 Å². The summed E-state index contributed by atoms with van der Waals surface area (Å²) in [5.41, 5.74) is 8.01. The minimum atomic E-state index is -0.362. The zero-order valence-electron chi connectivity index (χ0n) is 11.3. The van der Waals surface area contributed by atoms with E-state index in [1.54, 1.807) is 0 Å². The fourth-order valence-electron chi connectivity index (χ4n) is 3.07. The Hall–Kier alpha value is -2.69. The summed E-state index contributed by atoms with van der Waals surface area (Å²) >= 11 is 0. The largest absolute Gasteiger partial charge is 0.368 e. The second kappa shape index (κ2) is 4.41. The van der Waals surface area contributed by atoms with Gasteiger partial charge in [0.05, 0.1) is 29.3 Å². The summed E-state index contributed by atoms with van der Waals surface area (Å²) in [4.78, 5) is 22.8. The number of nitrogens with zero attached hydrogens (tertiary/aromatic N) is 3. The van der Waals surface area contributed by atoms with Gasteiger partial charge in [0, 0.05) is 5.92 Å². The quantitative estimate of drug-likeness (QED) is 0.904. The maximum atomic E-state index is 11.4. The highest BCUT2D eigenvalue weighted by molar-refractivity contribution is 5.83. The Kier molecular flexibility index (Phi) is 2.54. The second-order valence-corrected chi connectivity index (χ2v) is 5.30. The Bertz CT molecular complexity index is 796. The summed E-state index contributed by atoms with van der Waals surface area (Å²) < 4.78 is 0. The summed E-state index contributed by atoms with van der Waals surface area (Å²) in [6.45, 7) is 0.152. The zero-order chi connectivity index (χ0) is 14.4. The first kappa shape index (κ1) is 12.1. The van der Waals surface area contributed by atoms with Gasteiger partial charge >= 0.3 is 0 Å². The highest BCUT2D eigenvalue weighted by atomic mass is 16.1. The van der Waals surface area contributed by atoms with Crippen LogP contribution < -0.4 is 10.6 Å². The number of fused-ring (bicyclic) bond motifs is 4. The first-order valence-electron chi connectivity index (χ1n) is 6.90. The summed E-state index contributed by atoms with van der Waals surface area (Å²) in [6.07, 6.45) is 8.17. The molecule has 5 nitrogen and oxygen atoms in total. The third-order valence-electron chi connectivity index (χ3n) is 3.96. The molecule has 0 fully saturated rings. The number of amides is 1. The average Bonchev–Trinajstić information content (AvgIpc) is 2.79. The number of carbonyl (C=O) groups excluding carboxylic acids is 1. The summed E-state index contributed by atoms with van der Waals surface area (Å²) in [5.74, 6) is 0.527. The van der Waals surface area contributed by atoms with E-state index in [4.69, 9.17) is 15.7 Å². The Morgan fingerprint density at radius 3 is 2.62 bits per heavy atom. The Morgan fingerprint density at radius 2 is 1.86 bits per heavy atom. The highest BCUT2D eigenvalue weighted by Gasteiger charge is 2.39. The molecule has 21 heavy (non-hydrogen) atoms. The number of para-hydroxylation sites is 2. The molecule has 2 atom stereocenters. The minimum Gasteiger partial charge on any atom is -0.368 e. The summed E-state index contributed by atoms with van der Waals surface area (Å²) in [6, 6.07) is 7.83. The van der Waals surface area contributed by atoms with Crippen LogP contribution in [0.5, 0.6) is 0 Å². The normalized spacial score (nSPS) is 22.4. The lowest BCUT2D eigenvalue weighted by Crippen LogP contribution is -2.39. The smallest absolute Gasteiger partial charge is 0.237 e. The fourth-order valence-corrected chi connectivity index (χ4v) is 3.07. The fraction of sp³-hybridized carbons (Fsp3) is 0.188. The zero-order valence-corrected chi connectivity index (χ0v) is 11.3. The van der Waals surface area contributed by atoms with Gasteiger partial charge < -0.3 is 10.6 Å². The molecule has 4 rings (SSSR count). The molecule has 2 N–H and O–H groups in total. The van der Waals surface area contributed by atoms with Crippen LogP contribution in [0.4, 0.5) is 5.82 Å². The Morgan fingerprint density at radius 1 is 1.14 bits per heavy atom. The van der Waals surface area contributed by atoms with E-state index in [1.165, 1.54) is 0 Å². The second-order valence-electron chi connectivity index (χ2n) is 5.30. The van der Waals surface area contributed by atoms with Gasteiger partial charge in [0.2, 0.25) is 5.91 Å². The minimum absolute atomic E-state index is 0.0642. The van der Waals surface area contributed by atoms with Crippen LogP contribution in [0.3, 0.4) is 0 Å². The number of hydrogen-bond acceptors (Lipinski definition) is 4. The lowest BCUT2D eigenvalue weighted by Gasteiger charge is -2.25. The molecule has 0 spiro atoms. The van der Waals surface area contributed by atoms with Gasteiger partial charge in [-0.05, 0) is 12.1 Å². The number of benzene rings is 1. The lowest BCUT2D eigenvalue weighted by atomic mass is 9.95. The van der Waals surface area contributed by atoms with Crippen LogP contribution in [-0.4, -0.2) is 28.5 Å². The van der Waals surface area contributed by atoms with Crippen molar-refractivity contribution in [1.29, 1.82) is 0 Å².